The van der Waals surface area contributed by atoms with Crippen molar-refractivity contribution in [2.75, 3.05) is 6.26 Å². The monoisotopic (exact) mass is 391 g/mol. The van der Waals surface area contributed by atoms with E-state index in [4.69, 9.17) is 4.74 Å². The van der Waals surface area contributed by atoms with Crippen LogP contribution in [0.15, 0.2) is 29.2 Å². The highest BCUT2D eigenvalue weighted by atomic mass is 32.2. The summed E-state index contributed by atoms with van der Waals surface area (Å²) in [4.78, 5) is 37.5. The van der Waals surface area contributed by atoms with Gasteiger partial charge in [-0.15, -0.1) is 11.8 Å². The van der Waals surface area contributed by atoms with Crippen LogP contribution in [-0.4, -0.2) is 36.1 Å². The number of carbonyl (C=O) groups is 3. The van der Waals surface area contributed by atoms with Gasteiger partial charge < -0.3 is 10.1 Å². The molecule has 0 aliphatic heterocycles. The Morgan fingerprint density at radius 2 is 1.70 bits per heavy atom. The van der Waals surface area contributed by atoms with E-state index in [-0.39, 0.29) is 30.6 Å². The molecule has 0 unspecified atom stereocenters. The summed E-state index contributed by atoms with van der Waals surface area (Å²) < 4.78 is 5.20. The molecule has 0 radical (unpaired) electrons. The van der Waals surface area contributed by atoms with Gasteiger partial charge in [0.05, 0.1) is 6.42 Å². The molecular weight excluding hydrogens is 362 g/mol. The molecule has 0 saturated heterocycles. The third-order valence-corrected chi connectivity index (χ3v) is 5.59. The number of carbonyl (C=O) groups excluding carboxylic acids is 3. The normalized spacial score (nSPS) is 16.2. The van der Waals surface area contributed by atoms with E-state index in [0.717, 1.165) is 30.6 Å². The third-order valence-electron chi connectivity index (χ3n) is 4.85. The third kappa shape index (κ3) is 7.37. The first kappa shape index (κ1) is 21.5. The summed E-state index contributed by atoms with van der Waals surface area (Å²) in [6.45, 7) is 1.58. The highest BCUT2D eigenvalue weighted by Gasteiger charge is 2.22. The highest BCUT2D eigenvalue weighted by molar-refractivity contribution is 7.98. The molecule has 2 rings (SSSR count). The second kappa shape index (κ2) is 11.1. The number of amides is 1. The Balaban J connectivity index is 1.73. The Kier molecular flexibility index (Phi) is 8.85. The molecule has 1 aliphatic rings. The summed E-state index contributed by atoms with van der Waals surface area (Å²) in [5.41, 5.74) is 0.583. The zero-order chi connectivity index (χ0) is 19.6. The van der Waals surface area contributed by atoms with Crippen molar-refractivity contribution in [1.82, 2.24) is 5.32 Å². The van der Waals surface area contributed by atoms with Crippen LogP contribution in [-0.2, 0) is 14.3 Å². The lowest BCUT2D eigenvalue weighted by molar-refractivity contribution is -0.155. The van der Waals surface area contributed by atoms with Gasteiger partial charge in [0.15, 0.2) is 11.9 Å². The Hall–Kier alpha value is -1.82. The molecule has 148 valence electrons. The average Bonchev–Trinajstić information content (AvgIpc) is 2.94. The SMILES string of the molecule is CSc1ccc(C(=O)CCC(=O)O[C@H](C)C(=O)NC2CCCCCC2)cc1. The van der Waals surface area contributed by atoms with Crippen molar-refractivity contribution in [1.29, 1.82) is 0 Å². The molecule has 1 N–H and O–H groups in total. The maximum absolute atomic E-state index is 12.2. The van der Waals surface area contributed by atoms with Gasteiger partial charge in [-0.1, -0.05) is 37.8 Å². The lowest BCUT2D eigenvalue weighted by Gasteiger charge is -2.19. The number of thioether (sulfide) groups is 1. The van der Waals surface area contributed by atoms with Crippen molar-refractivity contribution >= 4 is 29.4 Å². The first-order valence-electron chi connectivity index (χ1n) is 9.66. The fourth-order valence-corrected chi connectivity index (χ4v) is 3.60. The van der Waals surface area contributed by atoms with Crippen molar-refractivity contribution in [3.63, 3.8) is 0 Å². The van der Waals surface area contributed by atoms with Gasteiger partial charge in [0.2, 0.25) is 0 Å². The number of ketones is 1. The molecule has 0 spiro atoms. The maximum atomic E-state index is 12.2. The minimum atomic E-state index is -0.836. The topological polar surface area (TPSA) is 72.5 Å². The molecule has 5 nitrogen and oxygen atoms in total. The first-order valence-corrected chi connectivity index (χ1v) is 10.9. The number of hydrogen-bond donors (Lipinski definition) is 1. The largest absolute Gasteiger partial charge is 0.453 e. The summed E-state index contributed by atoms with van der Waals surface area (Å²) in [6, 6.07) is 7.48. The lowest BCUT2D eigenvalue weighted by Crippen LogP contribution is -2.41. The fourth-order valence-electron chi connectivity index (χ4n) is 3.19. The summed E-state index contributed by atoms with van der Waals surface area (Å²) in [5, 5.41) is 2.98. The number of ether oxygens (including phenoxy) is 1. The summed E-state index contributed by atoms with van der Waals surface area (Å²) in [7, 11) is 0. The van der Waals surface area contributed by atoms with Crippen molar-refractivity contribution in [2.45, 2.75) is 75.3 Å². The Morgan fingerprint density at radius 3 is 2.30 bits per heavy atom. The van der Waals surface area contributed by atoms with Gasteiger partial charge in [-0.2, -0.15) is 0 Å². The van der Waals surface area contributed by atoms with Crippen LogP contribution in [0.1, 0.15) is 68.6 Å². The Bertz CT molecular complexity index is 636. The molecule has 0 bridgehead atoms. The van der Waals surface area contributed by atoms with Crippen molar-refractivity contribution < 1.29 is 19.1 Å². The molecule has 1 aromatic carbocycles. The van der Waals surface area contributed by atoms with Crippen LogP contribution in [0.4, 0.5) is 0 Å². The quantitative estimate of drug-likeness (QED) is 0.312. The van der Waals surface area contributed by atoms with Crippen LogP contribution in [0, 0.1) is 0 Å². The van der Waals surface area contributed by atoms with E-state index < -0.39 is 12.1 Å². The molecular formula is C21H29NO4S. The van der Waals surface area contributed by atoms with E-state index in [1.54, 1.807) is 30.8 Å². The van der Waals surface area contributed by atoms with E-state index in [1.807, 2.05) is 18.4 Å². The number of hydrogen-bond acceptors (Lipinski definition) is 5. The standard InChI is InChI=1S/C21H29NO4S/c1-15(21(25)22-17-7-5-3-4-6-8-17)26-20(24)14-13-19(23)16-9-11-18(27-2)12-10-16/h9-12,15,17H,3-8,13-14H2,1-2H3,(H,22,25)/t15-/m1/s1. The van der Waals surface area contributed by atoms with Crippen molar-refractivity contribution in [3.05, 3.63) is 29.8 Å². The smallest absolute Gasteiger partial charge is 0.307 e. The van der Waals surface area contributed by atoms with Gasteiger partial charge in [-0.05, 0) is 38.2 Å². The van der Waals surface area contributed by atoms with E-state index in [0.29, 0.717) is 5.56 Å². The minimum Gasteiger partial charge on any atom is -0.453 e. The van der Waals surface area contributed by atoms with Gasteiger partial charge in [0.25, 0.3) is 5.91 Å². The number of esters is 1. The molecule has 27 heavy (non-hydrogen) atoms. The molecule has 6 heteroatoms. The molecule has 0 heterocycles. The average molecular weight is 392 g/mol. The van der Waals surface area contributed by atoms with Gasteiger partial charge in [-0.3, -0.25) is 14.4 Å². The Morgan fingerprint density at radius 1 is 1.07 bits per heavy atom. The Labute approximate surface area is 165 Å². The zero-order valence-corrected chi connectivity index (χ0v) is 17.0. The number of nitrogens with one attached hydrogen (secondary N) is 1. The van der Waals surface area contributed by atoms with Crippen LogP contribution in [0.2, 0.25) is 0 Å². The number of rotatable bonds is 8. The van der Waals surface area contributed by atoms with E-state index in [1.165, 1.54) is 12.8 Å². The minimum absolute atomic E-state index is 0.0236. The zero-order valence-electron chi connectivity index (χ0n) is 16.2. The summed E-state index contributed by atoms with van der Waals surface area (Å²) in [6.07, 6.45) is 7.83. The van der Waals surface area contributed by atoms with Gasteiger partial charge >= 0.3 is 5.97 Å². The van der Waals surface area contributed by atoms with Gasteiger partial charge in [-0.25, -0.2) is 0 Å². The second-order valence-corrected chi connectivity index (χ2v) is 7.86. The predicted octanol–water partition coefficient (Wildman–Crippen LogP) is 4.14. The van der Waals surface area contributed by atoms with Crippen molar-refractivity contribution in [2.24, 2.45) is 0 Å². The molecule has 1 amide bonds. The van der Waals surface area contributed by atoms with E-state index >= 15 is 0 Å². The van der Waals surface area contributed by atoms with Crippen LogP contribution < -0.4 is 5.32 Å². The van der Waals surface area contributed by atoms with Crippen molar-refractivity contribution in [3.8, 4) is 0 Å². The molecule has 1 aliphatic carbocycles. The second-order valence-electron chi connectivity index (χ2n) is 6.98. The van der Waals surface area contributed by atoms with Crippen LogP contribution >= 0.6 is 11.8 Å². The molecule has 0 aromatic heterocycles. The summed E-state index contributed by atoms with van der Waals surface area (Å²) in [5.74, 6) is -0.878. The van der Waals surface area contributed by atoms with Crippen LogP contribution in [0.3, 0.4) is 0 Å². The van der Waals surface area contributed by atoms with E-state index in [9.17, 15) is 14.4 Å². The van der Waals surface area contributed by atoms with Crippen LogP contribution in [0.5, 0.6) is 0 Å². The van der Waals surface area contributed by atoms with E-state index in [2.05, 4.69) is 5.32 Å². The highest BCUT2D eigenvalue weighted by Crippen LogP contribution is 2.18. The molecule has 1 aromatic rings. The number of Topliss-reactive ketones (excluding diaryl/α,β-unsaturated/α-hetero) is 1. The maximum Gasteiger partial charge on any atom is 0.307 e. The predicted molar refractivity (Wildman–Crippen MR) is 107 cm³/mol. The molecule has 1 atom stereocenters. The fraction of sp³-hybridized carbons (Fsp3) is 0.571. The number of benzene rings is 1. The first-order chi connectivity index (χ1) is 13.0. The molecule has 1 saturated carbocycles. The molecule has 1 fully saturated rings. The van der Waals surface area contributed by atoms with Gasteiger partial charge in [0.1, 0.15) is 0 Å². The summed E-state index contributed by atoms with van der Waals surface area (Å²) >= 11 is 1.61. The lowest BCUT2D eigenvalue weighted by atomic mass is 10.1. The van der Waals surface area contributed by atoms with Gasteiger partial charge in [0, 0.05) is 22.9 Å². The van der Waals surface area contributed by atoms with Crippen LogP contribution in [0.25, 0.3) is 0 Å².